The van der Waals surface area contributed by atoms with Gasteiger partial charge >= 0.3 is 0 Å². The molecule has 84 valence electrons. The second-order valence-electron chi connectivity index (χ2n) is 3.81. The molecule has 0 fully saturated rings. The minimum Gasteiger partial charge on any atom is -0.366 e. The van der Waals surface area contributed by atoms with Crippen LogP contribution in [0, 0.1) is 5.92 Å². The molecule has 1 unspecified atom stereocenters. The van der Waals surface area contributed by atoms with Crippen LogP contribution in [0.4, 0.5) is 5.82 Å². The SMILES string of the molecule is CC(C)C(CCCl)Nc1ncccc1Br. The average molecular weight is 292 g/mol. The van der Waals surface area contributed by atoms with Crippen LogP contribution in [0.25, 0.3) is 0 Å². The van der Waals surface area contributed by atoms with Crippen LogP contribution in [0.5, 0.6) is 0 Å². The Morgan fingerprint density at radius 1 is 1.53 bits per heavy atom. The summed E-state index contributed by atoms with van der Waals surface area (Å²) >= 11 is 9.24. The van der Waals surface area contributed by atoms with Crippen molar-refractivity contribution in [3.8, 4) is 0 Å². The molecule has 0 amide bonds. The van der Waals surface area contributed by atoms with Gasteiger partial charge in [-0.05, 0) is 40.4 Å². The van der Waals surface area contributed by atoms with Crippen LogP contribution in [0.2, 0.25) is 0 Å². The topological polar surface area (TPSA) is 24.9 Å². The Morgan fingerprint density at radius 3 is 2.80 bits per heavy atom. The Hall–Kier alpha value is -0.280. The molecule has 0 saturated carbocycles. The molecular formula is C11H16BrClN2. The van der Waals surface area contributed by atoms with Crippen LogP contribution >= 0.6 is 27.5 Å². The van der Waals surface area contributed by atoms with Crippen LogP contribution in [0.15, 0.2) is 22.8 Å². The van der Waals surface area contributed by atoms with E-state index in [2.05, 4.69) is 40.1 Å². The lowest BCUT2D eigenvalue weighted by atomic mass is 10.0. The summed E-state index contributed by atoms with van der Waals surface area (Å²) in [4.78, 5) is 4.28. The minimum atomic E-state index is 0.369. The number of hydrogen-bond acceptors (Lipinski definition) is 2. The number of pyridine rings is 1. The maximum Gasteiger partial charge on any atom is 0.140 e. The molecule has 0 aliphatic rings. The van der Waals surface area contributed by atoms with E-state index in [0.29, 0.717) is 17.8 Å². The number of nitrogens with one attached hydrogen (secondary N) is 1. The number of hydrogen-bond donors (Lipinski definition) is 1. The van der Waals surface area contributed by atoms with E-state index < -0.39 is 0 Å². The Labute approximate surface area is 105 Å². The van der Waals surface area contributed by atoms with Crippen LogP contribution in [0.1, 0.15) is 20.3 Å². The maximum atomic E-state index is 5.77. The van der Waals surface area contributed by atoms with Gasteiger partial charge in [-0.1, -0.05) is 13.8 Å². The fraction of sp³-hybridized carbons (Fsp3) is 0.545. The van der Waals surface area contributed by atoms with Crippen molar-refractivity contribution in [2.75, 3.05) is 11.2 Å². The third-order valence-electron chi connectivity index (χ3n) is 2.31. The number of alkyl halides is 1. The second kappa shape index (κ2) is 6.33. The van der Waals surface area contributed by atoms with Crippen LogP contribution in [-0.4, -0.2) is 16.9 Å². The Morgan fingerprint density at radius 2 is 2.27 bits per heavy atom. The fourth-order valence-electron chi connectivity index (χ4n) is 1.36. The molecule has 1 atom stereocenters. The summed E-state index contributed by atoms with van der Waals surface area (Å²) in [5.74, 6) is 2.10. The van der Waals surface area contributed by atoms with E-state index in [1.165, 1.54) is 0 Å². The molecule has 0 bridgehead atoms. The van der Waals surface area contributed by atoms with Crippen molar-refractivity contribution in [2.24, 2.45) is 5.92 Å². The molecule has 1 N–H and O–H groups in total. The van der Waals surface area contributed by atoms with Gasteiger partial charge in [-0.25, -0.2) is 4.98 Å². The predicted octanol–water partition coefficient (Wildman–Crippen LogP) is 3.91. The van der Waals surface area contributed by atoms with Gasteiger partial charge in [-0.15, -0.1) is 11.6 Å². The summed E-state index contributed by atoms with van der Waals surface area (Å²) in [6.07, 6.45) is 2.73. The van der Waals surface area contributed by atoms with E-state index in [-0.39, 0.29) is 0 Å². The molecule has 0 saturated heterocycles. The molecule has 0 aromatic carbocycles. The van der Waals surface area contributed by atoms with Gasteiger partial charge in [-0.3, -0.25) is 0 Å². The first-order valence-electron chi connectivity index (χ1n) is 5.08. The van der Waals surface area contributed by atoms with Gasteiger partial charge in [0.25, 0.3) is 0 Å². The Kier molecular flexibility index (Phi) is 5.40. The molecule has 4 heteroatoms. The third kappa shape index (κ3) is 3.99. The Balaban J connectivity index is 2.69. The quantitative estimate of drug-likeness (QED) is 0.832. The molecule has 1 heterocycles. The monoisotopic (exact) mass is 290 g/mol. The van der Waals surface area contributed by atoms with Crippen LogP contribution in [-0.2, 0) is 0 Å². The zero-order valence-corrected chi connectivity index (χ0v) is 11.3. The highest BCUT2D eigenvalue weighted by Crippen LogP contribution is 2.21. The van der Waals surface area contributed by atoms with Crippen molar-refractivity contribution >= 4 is 33.3 Å². The average Bonchev–Trinajstić information content (AvgIpc) is 2.20. The lowest BCUT2D eigenvalue weighted by Gasteiger charge is -2.22. The molecule has 1 aromatic rings. The van der Waals surface area contributed by atoms with Crippen molar-refractivity contribution in [2.45, 2.75) is 26.3 Å². The zero-order valence-electron chi connectivity index (χ0n) is 9.00. The van der Waals surface area contributed by atoms with Crippen molar-refractivity contribution in [3.63, 3.8) is 0 Å². The summed E-state index contributed by atoms with van der Waals surface area (Å²) < 4.78 is 0.991. The minimum absolute atomic E-state index is 0.369. The van der Waals surface area contributed by atoms with Gasteiger partial charge in [-0.2, -0.15) is 0 Å². The number of anilines is 1. The van der Waals surface area contributed by atoms with Crippen molar-refractivity contribution < 1.29 is 0 Å². The van der Waals surface area contributed by atoms with Gasteiger partial charge in [0.2, 0.25) is 0 Å². The second-order valence-corrected chi connectivity index (χ2v) is 5.04. The molecule has 1 aromatic heterocycles. The van der Waals surface area contributed by atoms with Gasteiger partial charge in [0.1, 0.15) is 5.82 Å². The van der Waals surface area contributed by atoms with Crippen molar-refractivity contribution in [1.29, 1.82) is 0 Å². The van der Waals surface area contributed by atoms with Crippen LogP contribution in [0.3, 0.4) is 0 Å². The molecule has 0 aliphatic heterocycles. The van der Waals surface area contributed by atoms with Crippen molar-refractivity contribution in [3.05, 3.63) is 22.8 Å². The van der Waals surface area contributed by atoms with Gasteiger partial charge in [0.05, 0.1) is 4.47 Å². The molecule has 1 rings (SSSR count). The maximum absolute atomic E-state index is 5.77. The van der Waals surface area contributed by atoms with E-state index in [1.54, 1.807) is 6.20 Å². The van der Waals surface area contributed by atoms with E-state index in [0.717, 1.165) is 16.7 Å². The number of aromatic nitrogens is 1. The number of nitrogens with zero attached hydrogens (tertiary/aromatic N) is 1. The van der Waals surface area contributed by atoms with Gasteiger partial charge in [0.15, 0.2) is 0 Å². The first-order chi connectivity index (χ1) is 7.15. The molecule has 0 radical (unpaired) electrons. The molecule has 2 nitrogen and oxygen atoms in total. The summed E-state index contributed by atoms with van der Waals surface area (Å²) in [7, 11) is 0. The van der Waals surface area contributed by atoms with Crippen LogP contribution < -0.4 is 5.32 Å². The first kappa shape index (κ1) is 12.8. The highest BCUT2D eigenvalue weighted by molar-refractivity contribution is 9.10. The summed E-state index contributed by atoms with van der Waals surface area (Å²) in [6, 6.07) is 4.25. The molecule has 0 aliphatic carbocycles. The Bertz CT molecular complexity index is 304. The van der Waals surface area contributed by atoms with E-state index in [1.807, 2.05) is 12.1 Å². The predicted molar refractivity (Wildman–Crippen MR) is 69.5 cm³/mol. The molecular weight excluding hydrogens is 275 g/mol. The standard InChI is InChI=1S/C11H16BrClN2/c1-8(2)10(5-6-13)15-11-9(12)4-3-7-14-11/h3-4,7-8,10H,5-6H2,1-2H3,(H,14,15). The first-order valence-corrected chi connectivity index (χ1v) is 6.41. The lowest BCUT2D eigenvalue weighted by Crippen LogP contribution is -2.26. The summed E-state index contributed by atoms with van der Waals surface area (Å²) in [5, 5.41) is 3.41. The summed E-state index contributed by atoms with van der Waals surface area (Å²) in [5.41, 5.74) is 0. The smallest absolute Gasteiger partial charge is 0.140 e. The third-order valence-corrected chi connectivity index (χ3v) is 3.16. The van der Waals surface area contributed by atoms with Gasteiger partial charge in [0, 0.05) is 18.1 Å². The summed E-state index contributed by atoms with van der Waals surface area (Å²) in [6.45, 7) is 4.36. The number of halogens is 2. The van der Waals surface area contributed by atoms with Crippen molar-refractivity contribution in [1.82, 2.24) is 4.98 Å². The van der Waals surface area contributed by atoms with E-state index >= 15 is 0 Å². The van der Waals surface area contributed by atoms with E-state index in [9.17, 15) is 0 Å². The molecule has 15 heavy (non-hydrogen) atoms. The fourth-order valence-corrected chi connectivity index (χ4v) is 1.96. The van der Waals surface area contributed by atoms with Gasteiger partial charge < -0.3 is 5.32 Å². The normalized spacial score (nSPS) is 12.9. The zero-order chi connectivity index (χ0) is 11.3. The van der Waals surface area contributed by atoms with E-state index in [4.69, 9.17) is 11.6 Å². The lowest BCUT2D eigenvalue weighted by molar-refractivity contribution is 0.511. The number of rotatable bonds is 5. The highest BCUT2D eigenvalue weighted by Gasteiger charge is 2.13. The highest BCUT2D eigenvalue weighted by atomic mass is 79.9. The molecule has 0 spiro atoms. The largest absolute Gasteiger partial charge is 0.366 e.